The molecule has 0 spiro atoms. The van der Waals surface area contributed by atoms with Crippen LogP contribution in [-0.2, 0) is 0 Å². The molecule has 0 saturated carbocycles. The van der Waals surface area contributed by atoms with Crippen molar-refractivity contribution in [2.45, 2.75) is 44.7 Å². The molecule has 11 heavy (non-hydrogen) atoms. The second kappa shape index (κ2) is 3.49. The van der Waals surface area contributed by atoms with Crippen LogP contribution in [0, 0.1) is 0 Å². The van der Waals surface area contributed by atoms with Gasteiger partial charge in [0.1, 0.15) is 0 Å². The van der Waals surface area contributed by atoms with Crippen LogP contribution in [-0.4, -0.2) is 32.0 Å². The molecule has 0 atom stereocenters. The van der Waals surface area contributed by atoms with E-state index < -0.39 is 11.6 Å². The molecule has 0 unspecified atom stereocenters. The molecule has 4 heteroatoms. The maximum atomic E-state index is 9.10. The fraction of sp³-hybridized carbons (Fsp3) is 1.00. The Kier molecular flexibility index (Phi) is 3.44. The summed E-state index contributed by atoms with van der Waals surface area (Å²) in [5.74, 6) is -4.79. The van der Waals surface area contributed by atoms with E-state index in [1.54, 1.807) is 6.92 Å². The van der Waals surface area contributed by atoms with Gasteiger partial charge in [-0.25, -0.2) is 0 Å². The van der Waals surface area contributed by atoms with Gasteiger partial charge < -0.3 is 20.4 Å². The molecule has 0 heterocycles. The minimum absolute atomic E-state index is 0.0478. The highest BCUT2D eigenvalue weighted by atomic mass is 16.6. The maximum Gasteiger partial charge on any atom is 0.218 e. The summed E-state index contributed by atoms with van der Waals surface area (Å²) in [4.78, 5) is 0. The molecule has 0 aliphatic carbocycles. The van der Waals surface area contributed by atoms with E-state index in [0.29, 0.717) is 6.42 Å². The van der Waals surface area contributed by atoms with Gasteiger partial charge in [0, 0.05) is 12.8 Å². The molecule has 4 N–H and O–H groups in total. The third-order valence-corrected chi connectivity index (χ3v) is 1.73. The van der Waals surface area contributed by atoms with Gasteiger partial charge >= 0.3 is 0 Å². The Morgan fingerprint density at radius 2 is 1.36 bits per heavy atom. The van der Waals surface area contributed by atoms with Crippen LogP contribution >= 0.6 is 0 Å². The Labute approximate surface area is 66.1 Å². The molecule has 0 bridgehead atoms. The molecule has 0 aromatic rings. The lowest BCUT2D eigenvalue weighted by molar-refractivity contribution is -0.359. The molecule has 68 valence electrons. The van der Waals surface area contributed by atoms with Gasteiger partial charge in [-0.1, -0.05) is 20.3 Å². The summed E-state index contributed by atoms with van der Waals surface area (Å²) in [7, 11) is 0. The van der Waals surface area contributed by atoms with Crippen molar-refractivity contribution >= 4 is 0 Å². The molecular weight excluding hydrogens is 148 g/mol. The van der Waals surface area contributed by atoms with E-state index in [1.807, 2.05) is 0 Å². The number of rotatable bonds is 4. The van der Waals surface area contributed by atoms with Crippen LogP contribution in [0.5, 0.6) is 0 Å². The molecular formula is C7H16O4. The standard InChI is InChI=1S/C7H16O4/c1-3-5-7(10,11)6(8,9)4-2/h8-11H,3-5H2,1-2H3. The first-order valence-corrected chi connectivity index (χ1v) is 3.77. The van der Waals surface area contributed by atoms with Gasteiger partial charge in [-0.05, 0) is 0 Å². The highest BCUT2D eigenvalue weighted by Crippen LogP contribution is 2.24. The molecule has 4 nitrogen and oxygen atoms in total. The smallest absolute Gasteiger partial charge is 0.218 e. The predicted molar refractivity (Wildman–Crippen MR) is 39.5 cm³/mol. The first-order chi connectivity index (χ1) is 4.87. The average molecular weight is 164 g/mol. The quantitative estimate of drug-likeness (QED) is 0.424. The van der Waals surface area contributed by atoms with Crippen LogP contribution in [0.4, 0.5) is 0 Å². The minimum atomic E-state index is -2.40. The topological polar surface area (TPSA) is 80.9 Å². The molecule has 0 aliphatic rings. The Morgan fingerprint density at radius 1 is 0.909 bits per heavy atom. The molecule has 0 amide bonds. The van der Waals surface area contributed by atoms with Crippen molar-refractivity contribution in [2.24, 2.45) is 0 Å². The lowest BCUT2D eigenvalue weighted by Gasteiger charge is -2.33. The van der Waals surface area contributed by atoms with Crippen molar-refractivity contribution in [3.05, 3.63) is 0 Å². The average Bonchev–Trinajstić information content (AvgIpc) is 1.87. The van der Waals surface area contributed by atoms with E-state index in [0.717, 1.165) is 0 Å². The molecule has 0 aromatic carbocycles. The largest absolute Gasteiger partial charge is 0.361 e. The number of aliphatic hydroxyl groups is 4. The van der Waals surface area contributed by atoms with E-state index in [4.69, 9.17) is 20.4 Å². The van der Waals surface area contributed by atoms with Crippen molar-refractivity contribution in [3.8, 4) is 0 Å². The summed E-state index contributed by atoms with van der Waals surface area (Å²) in [6.07, 6.45) is 0.323. The van der Waals surface area contributed by atoms with Gasteiger partial charge in [-0.15, -0.1) is 0 Å². The summed E-state index contributed by atoms with van der Waals surface area (Å²) in [6.45, 7) is 3.20. The molecule has 0 fully saturated rings. The number of hydrogen-bond donors (Lipinski definition) is 4. The van der Waals surface area contributed by atoms with E-state index in [1.165, 1.54) is 6.92 Å². The number of hydrogen-bond acceptors (Lipinski definition) is 4. The Balaban J connectivity index is 4.26. The van der Waals surface area contributed by atoms with Crippen molar-refractivity contribution < 1.29 is 20.4 Å². The highest BCUT2D eigenvalue weighted by Gasteiger charge is 2.44. The normalized spacial score (nSPS) is 13.6. The Hall–Kier alpha value is -0.160. The summed E-state index contributed by atoms with van der Waals surface area (Å²) >= 11 is 0. The fourth-order valence-electron chi connectivity index (χ4n) is 0.832. The van der Waals surface area contributed by atoms with E-state index in [-0.39, 0.29) is 12.8 Å². The third-order valence-electron chi connectivity index (χ3n) is 1.73. The maximum absolute atomic E-state index is 9.10. The zero-order valence-corrected chi connectivity index (χ0v) is 6.91. The van der Waals surface area contributed by atoms with Crippen molar-refractivity contribution in [1.29, 1.82) is 0 Å². The van der Waals surface area contributed by atoms with E-state index >= 15 is 0 Å². The Bertz CT molecular complexity index is 120. The second-order valence-electron chi connectivity index (χ2n) is 2.74. The third kappa shape index (κ3) is 2.41. The van der Waals surface area contributed by atoms with Crippen LogP contribution in [0.25, 0.3) is 0 Å². The van der Waals surface area contributed by atoms with Gasteiger partial charge in [0.25, 0.3) is 0 Å². The second-order valence-corrected chi connectivity index (χ2v) is 2.74. The molecule has 0 saturated heterocycles. The zero-order valence-electron chi connectivity index (χ0n) is 6.91. The van der Waals surface area contributed by atoms with Gasteiger partial charge in [0.15, 0.2) is 0 Å². The molecule has 0 rings (SSSR count). The molecule has 0 aromatic heterocycles. The predicted octanol–water partition coefficient (Wildman–Crippen LogP) is -0.442. The monoisotopic (exact) mass is 164 g/mol. The summed E-state index contributed by atoms with van der Waals surface area (Å²) in [5.41, 5.74) is 0. The first kappa shape index (κ1) is 10.8. The molecule has 0 radical (unpaired) electrons. The summed E-state index contributed by atoms with van der Waals surface area (Å²) in [5, 5.41) is 36.3. The van der Waals surface area contributed by atoms with Crippen molar-refractivity contribution in [1.82, 2.24) is 0 Å². The zero-order chi connectivity index (χ0) is 9.12. The SMILES string of the molecule is CCCC(O)(O)C(O)(O)CC. The lowest BCUT2D eigenvalue weighted by Crippen LogP contribution is -2.53. The lowest BCUT2D eigenvalue weighted by atomic mass is 9.99. The van der Waals surface area contributed by atoms with Crippen LogP contribution < -0.4 is 0 Å². The van der Waals surface area contributed by atoms with Gasteiger partial charge in [-0.3, -0.25) is 0 Å². The molecule has 0 aliphatic heterocycles. The van der Waals surface area contributed by atoms with Crippen molar-refractivity contribution in [3.63, 3.8) is 0 Å². The van der Waals surface area contributed by atoms with Crippen LogP contribution in [0.2, 0.25) is 0 Å². The summed E-state index contributed by atoms with van der Waals surface area (Å²) in [6, 6.07) is 0. The van der Waals surface area contributed by atoms with Crippen LogP contribution in [0.3, 0.4) is 0 Å². The van der Waals surface area contributed by atoms with Crippen LogP contribution in [0.1, 0.15) is 33.1 Å². The van der Waals surface area contributed by atoms with Gasteiger partial charge in [0.2, 0.25) is 11.6 Å². The fourth-order valence-corrected chi connectivity index (χ4v) is 0.832. The summed E-state index contributed by atoms with van der Waals surface area (Å²) < 4.78 is 0. The van der Waals surface area contributed by atoms with Gasteiger partial charge in [-0.2, -0.15) is 0 Å². The van der Waals surface area contributed by atoms with E-state index in [9.17, 15) is 0 Å². The Morgan fingerprint density at radius 3 is 1.64 bits per heavy atom. The van der Waals surface area contributed by atoms with E-state index in [2.05, 4.69) is 0 Å². The minimum Gasteiger partial charge on any atom is -0.361 e. The highest BCUT2D eigenvalue weighted by molar-refractivity contribution is 4.80. The van der Waals surface area contributed by atoms with Gasteiger partial charge in [0.05, 0.1) is 0 Å². The van der Waals surface area contributed by atoms with Crippen LogP contribution in [0.15, 0.2) is 0 Å². The van der Waals surface area contributed by atoms with Crippen molar-refractivity contribution in [2.75, 3.05) is 0 Å². The first-order valence-electron chi connectivity index (χ1n) is 3.77.